The van der Waals surface area contributed by atoms with Crippen LogP contribution in [0.5, 0.6) is 0 Å². The van der Waals surface area contributed by atoms with Crippen LogP contribution < -0.4 is 15.5 Å². The van der Waals surface area contributed by atoms with E-state index in [1.165, 1.54) is 12.8 Å². The second-order valence-electron chi connectivity index (χ2n) is 6.34. The number of nitrogens with one attached hydrogen (secondary N) is 2. The Balaban J connectivity index is 1.36. The molecule has 2 unspecified atom stereocenters. The summed E-state index contributed by atoms with van der Waals surface area (Å²) in [5.74, 6) is 1.35. The van der Waals surface area contributed by atoms with Crippen LogP contribution in [0.2, 0.25) is 0 Å². The number of anilines is 1. The van der Waals surface area contributed by atoms with Crippen molar-refractivity contribution in [2.24, 2.45) is 5.92 Å². The molecule has 7 nitrogen and oxygen atoms in total. The van der Waals surface area contributed by atoms with Gasteiger partial charge in [-0.2, -0.15) is 0 Å². The van der Waals surface area contributed by atoms with Crippen molar-refractivity contribution in [3.05, 3.63) is 5.89 Å². The molecule has 3 aliphatic rings. The van der Waals surface area contributed by atoms with Crippen molar-refractivity contribution in [3.63, 3.8) is 0 Å². The van der Waals surface area contributed by atoms with Gasteiger partial charge in [0.2, 0.25) is 11.8 Å². The monoisotopic (exact) mass is 291 g/mol. The fourth-order valence-electron chi connectivity index (χ4n) is 3.25. The summed E-state index contributed by atoms with van der Waals surface area (Å²) >= 11 is 0. The summed E-state index contributed by atoms with van der Waals surface area (Å²) < 4.78 is 5.76. The molecule has 4 rings (SSSR count). The number of aromatic nitrogens is 2. The Labute approximate surface area is 123 Å². The third-order valence-electron chi connectivity index (χ3n) is 4.67. The van der Waals surface area contributed by atoms with E-state index in [2.05, 4.69) is 25.7 Å². The maximum atomic E-state index is 11.4. The third-order valence-corrected chi connectivity index (χ3v) is 4.67. The van der Waals surface area contributed by atoms with E-state index in [-0.39, 0.29) is 5.91 Å². The minimum Gasteiger partial charge on any atom is -0.407 e. The third kappa shape index (κ3) is 2.88. The van der Waals surface area contributed by atoms with Gasteiger partial charge in [0.1, 0.15) is 0 Å². The first kappa shape index (κ1) is 13.1. The molecule has 1 aromatic heterocycles. The van der Waals surface area contributed by atoms with Crippen LogP contribution in [0.15, 0.2) is 4.42 Å². The average Bonchev–Trinajstić information content (AvgIpc) is 3.21. The fraction of sp³-hybridized carbons (Fsp3) is 0.786. The van der Waals surface area contributed by atoms with Crippen molar-refractivity contribution in [3.8, 4) is 0 Å². The number of rotatable bonds is 4. The molecule has 3 fully saturated rings. The van der Waals surface area contributed by atoms with Crippen molar-refractivity contribution in [1.29, 1.82) is 0 Å². The minimum absolute atomic E-state index is 0.191. The van der Waals surface area contributed by atoms with E-state index >= 15 is 0 Å². The molecule has 114 valence electrons. The van der Waals surface area contributed by atoms with Crippen LogP contribution in [0, 0.1) is 5.92 Å². The lowest BCUT2D eigenvalue weighted by Crippen LogP contribution is -2.54. The van der Waals surface area contributed by atoms with Crippen molar-refractivity contribution in [2.45, 2.75) is 50.7 Å². The van der Waals surface area contributed by atoms with Crippen LogP contribution in [-0.2, 0) is 11.3 Å². The van der Waals surface area contributed by atoms with Gasteiger partial charge >= 0.3 is 6.01 Å². The summed E-state index contributed by atoms with van der Waals surface area (Å²) in [5.41, 5.74) is 0. The van der Waals surface area contributed by atoms with E-state index in [0.717, 1.165) is 25.9 Å². The molecular weight excluding hydrogens is 270 g/mol. The molecule has 0 spiro atoms. The molecule has 1 aromatic rings. The Morgan fingerprint density at radius 2 is 2.19 bits per heavy atom. The maximum absolute atomic E-state index is 11.4. The number of fused-ring (bicyclic) bond motifs is 1. The predicted molar refractivity (Wildman–Crippen MR) is 75.6 cm³/mol. The maximum Gasteiger partial charge on any atom is 0.318 e. The molecular formula is C14H21N5O2. The number of nitrogens with zero attached hydrogens (tertiary/aromatic N) is 3. The SMILES string of the molecule is O=C1CCC2CN(c3nnc(CNC4CC4)o3)CCC2N1. The Morgan fingerprint density at radius 3 is 3.05 bits per heavy atom. The van der Waals surface area contributed by atoms with Gasteiger partial charge in [-0.3, -0.25) is 4.79 Å². The minimum atomic E-state index is 0.191. The normalized spacial score (nSPS) is 29.1. The highest BCUT2D eigenvalue weighted by Gasteiger charge is 2.35. The summed E-state index contributed by atoms with van der Waals surface area (Å²) in [7, 11) is 0. The second kappa shape index (κ2) is 5.29. The van der Waals surface area contributed by atoms with E-state index in [9.17, 15) is 4.79 Å². The van der Waals surface area contributed by atoms with E-state index in [0.29, 0.717) is 42.9 Å². The predicted octanol–water partition coefficient (Wildman–Crippen LogP) is 0.427. The van der Waals surface area contributed by atoms with Crippen LogP contribution >= 0.6 is 0 Å². The first-order valence-corrected chi connectivity index (χ1v) is 7.88. The molecule has 2 atom stereocenters. The lowest BCUT2D eigenvalue weighted by atomic mass is 9.85. The first-order chi connectivity index (χ1) is 10.3. The van der Waals surface area contributed by atoms with Crippen molar-refractivity contribution in [1.82, 2.24) is 20.8 Å². The Kier molecular flexibility index (Phi) is 3.29. The summed E-state index contributed by atoms with van der Waals surface area (Å²) in [6.07, 6.45) is 5.05. The van der Waals surface area contributed by atoms with Gasteiger partial charge in [0.05, 0.1) is 6.54 Å². The molecule has 0 bridgehead atoms. The molecule has 21 heavy (non-hydrogen) atoms. The number of amides is 1. The van der Waals surface area contributed by atoms with Gasteiger partial charge in [-0.1, -0.05) is 5.10 Å². The van der Waals surface area contributed by atoms with Gasteiger partial charge in [0.15, 0.2) is 0 Å². The largest absolute Gasteiger partial charge is 0.407 e. The van der Waals surface area contributed by atoms with Crippen molar-refractivity contribution in [2.75, 3.05) is 18.0 Å². The quantitative estimate of drug-likeness (QED) is 0.837. The topological polar surface area (TPSA) is 83.3 Å². The second-order valence-corrected chi connectivity index (χ2v) is 6.34. The zero-order valence-corrected chi connectivity index (χ0v) is 12.0. The molecule has 0 aromatic carbocycles. The Hall–Kier alpha value is -1.63. The standard InChI is InChI=1S/C14H21N5O2/c20-12-4-1-9-8-19(6-5-11(9)16-12)14-18-17-13(21-14)7-15-10-2-3-10/h9-11,15H,1-8H2,(H,16,20). The van der Waals surface area contributed by atoms with Crippen LogP contribution in [0.25, 0.3) is 0 Å². The summed E-state index contributed by atoms with van der Waals surface area (Å²) in [5, 5.41) is 14.8. The number of carbonyl (C=O) groups excluding carboxylic acids is 1. The molecule has 1 saturated carbocycles. The zero-order chi connectivity index (χ0) is 14.2. The molecule has 2 saturated heterocycles. The van der Waals surface area contributed by atoms with Crippen LogP contribution in [0.4, 0.5) is 6.01 Å². The summed E-state index contributed by atoms with van der Waals surface area (Å²) in [6.45, 7) is 2.41. The van der Waals surface area contributed by atoms with Crippen LogP contribution in [-0.4, -0.2) is 41.3 Å². The lowest BCUT2D eigenvalue weighted by molar-refractivity contribution is -0.124. The molecule has 7 heteroatoms. The van der Waals surface area contributed by atoms with Crippen LogP contribution in [0.1, 0.15) is 38.0 Å². The molecule has 2 aliphatic heterocycles. The fourth-order valence-corrected chi connectivity index (χ4v) is 3.25. The van der Waals surface area contributed by atoms with Gasteiger partial charge in [0.25, 0.3) is 0 Å². The first-order valence-electron chi connectivity index (χ1n) is 7.88. The lowest BCUT2D eigenvalue weighted by Gasteiger charge is -2.40. The summed E-state index contributed by atoms with van der Waals surface area (Å²) in [4.78, 5) is 13.6. The van der Waals surface area contributed by atoms with Crippen molar-refractivity contribution < 1.29 is 9.21 Å². The van der Waals surface area contributed by atoms with Gasteiger partial charge in [-0.25, -0.2) is 0 Å². The Morgan fingerprint density at radius 1 is 1.29 bits per heavy atom. The van der Waals surface area contributed by atoms with E-state index in [1.54, 1.807) is 0 Å². The van der Waals surface area contributed by atoms with E-state index in [1.807, 2.05) is 0 Å². The highest BCUT2D eigenvalue weighted by Crippen LogP contribution is 2.28. The van der Waals surface area contributed by atoms with Gasteiger partial charge in [-0.05, 0) is 31.6 Å². The average molecular weight is 291 g/mol. The number of carbonyl (C=O) groups is 1. The van der Waals surface area contributed by atoms with E-state index < -0.39 is 0 Å². The van der Waals surface area contributed by atoms with Gasteiger partial charge in [0, 0.05) is 31.6 Å². The van der Waals surface area contributed by atoms with Crippen LogP contribution in [0.3, 0.4) is 0 Å². The molecule has 3 heterocycles. The number of piperidine rings is 2. The smallest absolute Gasteiger partial charge is 0.318 e. The number of hydrogen-bond donors (Lipinski definition) is 2. The highest BCUT2D eigenvalue weighted by atomic mass is 16.4. The molecule has 2 N–H and O–H groups in total. The highest BCUT2D eigenvalue weighted by molar-refractivity contribution is 5.77. The molecule has 1 aliphatic carbocycles. The van der Waals surface area contributed by atoms with Gasteiger partial charge in [-0.15, -0.1) is 5.10 Å². The zero-order valence-electron chi connectivity index (χ0n) is 12.0. The Bertz CT molecular complexity index is 527. The molecule has 1 amide bonds. The van der Waals surface area contributed by atoms with Crippen molar-refractivity contribution >= 4 is 11.9 Å². The summed E-state index contributed by atoms with van der Waals surface area (Å²) in [6, 6.07) is 1.58. The molecule has 0 radical (unpaired) electrons. The number of hydrogen-bond acceptors (Lipinski definition) is 6. The van der Waals surface area contributed by atoms with E-state index in [4.69, 9.17) is 4.42 Å². The van der Waals surface area contributed by atoms with Gasteiger partial charge < -0.3 is 20.0 Å².